The van der Waals surface area contributed by atoms with Gasteiger partial charge in [-0.15, -0.1) is 0 Å². The van der Waals surface area contributed by atoms with Crippen LogP contribution in [0.5, 0.6) is 5.75 Å². The Morgan fingerprint density at radius 3 is 2.48 bits per heavy atom. The molecule has 25 heavy (non-hydrogen) atoms. The molecule has 0 saturated carbocycles. The Balaban J connectivity index is 1.73. The largest absolute Gasteiger partial charge is 0.481 e. The summed E-state index contributed by atoms with van der Waals surface area (Å²) in [4.78, 5) is 23.6. The molecule has 0 aliphatic carbocycles. The van der Waals surface area contributed by atoms with Gasteiger partial charge in [-0.25, -0.2) is 4.79 Å². The van der Waals surface area contributed by atoms with E-state index in [0.29, 0.717) is 27.1 Å². The highest BCUT2D eigenvalue weighted by Crippen LogP contribution is 2.23. The Kier molecular flexibility index (Phi) is 4.97. The molecule has 1 amide bonds. The van der Waals surface area contributed by atoms with Crippen LogP contribution in [0.2, 0.25) is 10.0 Å². The summed E-state index contributed by atoms with van der Waals surface area (Å²) in [6, 6.07) is 12.8. The van der Waals surface area contributed by atoms with Crippen molar-refractivity contribution in [1.82, 2.24) is 0 Å². The van der Waals surface area contributed by atoms with Crippen LogP contribution in [0.15, 0.2) is 57.7 Å². The van der Waals surface area contributed by atoms with Gasteiger partial charge in [0.05, 0.1) is 0 Å². The van der Waals surface area contributed by atoms with Crippen LogP contribution in [0.4, 0.5) is 5.69 Å². The van der Waals surface area contributed by atoms with E-state index in [9.17, 15) is 9.59 Å². The Bertz CT molecular complexity index is 980. The van der Waals surface area contributed by atoms with Crippen molar-refractivity contribution in [2.45, 2.75) is 13.0 Å². The van der Waals surface area contributed by atoms with Crippen molar-refractivity contribution in [2.75, 3.05) is 5.32 Å². The minimum atomic E-state index is -0.786. The zero-order chi connectivity index (χ0) is 18.0. The number of fused-ring (bicyclic) bond motifs is 1. The van der Waals surface area contributed by atoms with Crippen molar-refractivity contribution in [3.63, 3.8) is 0 Å². The van der Waals surface area contributed by atoms with Crippen LogP contribution in [0.25, 0.3) is 11.0 Å². The van der Waals surface area contributed by atoms with Gasteiger partial charge < -0.3 is 14.5 Å². The zero-order valence-electron chi connectivity index (χ0n) is 13.1. The molecule has 0 radical (unpaired) electrons. The van der Waals surface area contributed by atoms with Gasteiger partial charge in [0, 0.05) is 33.3 Å². The quantitative estimate of drug-likeness (QED) is 0.679. The van der Waals surface area contributed by atoms with Gasteiger partial charge in [0.1, 0.15) is 11.3 Å². The lowest BCUT2D eigenvalue weighted by atomic mass is 10.2. The molecule has 0 fully saturated rings. The number of carbonyl (C=O) groups is 1. The standard InChI is InChI=1S/C18H13Cl2NO4/c1-10(18(23)21-14-7-12(19)6-13(20)8-14)24-15-4-2-11-3-5-17(22)25-16(11)9-15/h2-10H,1H3,(H,21,23). The van der Waals surface area contributed by atoms with Crippen molar-refractivity contribution in [3.8, 4) is 5.75 Å². The van der Waals surface area contributed by atoms with Gasteiger partial charge in [-0.05, 0) is 43.3 Å². The summed E-state index contributed by atoms with van der Waals surface area (Å²) in [6.07, 6.45) is -0.786. The number of hydrogen-bond donors (Lipinski definition) is 1. The van der Waals surface area contributed by atoms with E-state index in [2.05, 4.69) is 5.32 Å². The second-order valence-electron chi connectivity index (χ2n) is 5.36. The Morgan fingerprint density at radius 2 is 1.76 bits per heavy atom. The van der Waals surface area contributed by atoms with E-state index in [4.69, 9.17) is 32.4 Å². The van der Waals surface area contributed by atoms with E-state index in [1.807, 2.05) is 0 Å². The van der Waals surface area contributed by atoms with Crippen molar-refractivity contribution >= 4 is 45.8 Å². The molecule has 5 nitrogen and oxygen atoms in total. The molecule has 7 heteroatoms. The molecule has 0 aliphatic rings. The highest BCUT2D eigenvalue weighted by atomic mass is 35.5. The number of nitrogens with one attached hydrogen (secondary N) is 1. The summed E-state index contributed by atoms with van der Waals surface area (Å²) in [5.41, 5.74) is 0.412. The number of carbonyl (C=O) groups excluding carboxylic acids is 1. The number of hydrogen-bond acceptors (Lipinski definition) is 4. The summed E-state index contributed by atoms with van der Waals surface area (Å²) in [5.74, 6) is 0.0431. The number of amides is 1. The predicted molar refractivity (Wildman–Crippen MR) is 97.7 cm³/mol. The summed E-state index contributed by atoms with van der Waals surface area (Å²) in [5, 5.41) is 4.28. The number of ether oxygens (including phenoxy) is 1. The molecule has 3 aromatic rings. The van der Waals surface area contributed by atoms with Gasteiger partial charge >= 0.3 is 5.63 Å². The van der Waals surface area contributed by atoms with E-state index < -0.39 is 11.7 Å². The van der Waals surface area contributed by atoms with Crippen molar-refractivity contribution in [3.05, 3.63) is 69.0 Å². The van der Waals surface area contributed by atoms with Crippen LogP contribution >= 0.6 is 23.2 Å². The molecule has 0 saturated heterocycles. The Hall–Kier alpha value is -2.50. The van der Waals surface area contributed by atoms with Crippen LogP contribution in [0, 0.1) is 0 Å². The zero-order valence-corrected chi connectivity index (χ0v) is 14.6. The van der Waals surface area contributed by atoms with Gasteiger partial charge in [-0.3, -0.25) is 4.79 Å². The third kappa shape index (κ3) is 4.32. The molecule has 0 spiro atoms. The molecular weight excluding hydrogens is 365 g/mol. The summed E-state index contributed by atoms with van der Waals surface area (Å²) in [7, 11) is 0. The first kappa shape index (κ1) is 17.3. The highest BCUT2D eigenvalue weighted by molar-refractivity contribution is 6.35. The number of anilines is 1. The van der Waals surface area contributed by atoms with Gasteiger partial charge in [0.15, 0.2) is 6.10 Å². The lowest BCUT2D eigenvalue weighted by Gasteiger charge is -2.15. The third-order valence-electron chi connectivity index (χ3n) is 3.41. The van der Waals surface area contributed by atoms with Gasteiger partial charge in [-0.1, -0.05) is 23.2 Å². The van der Waals surface area contributed by atoms with E-state index in [1.165, 1.54) is 6.07 Å². The minimum Gasteiger partial charge on any atom is -0.481 e. The topological polar surface area (TPSA) is 68.5 Å². The van der Waals surface area contributed by atoms with Gasteiger partial charge in [0.2, 0.25) is 0 Å². The van der Waals surface area contributed by atoms with Crippen LogP contribution in [0.1, 0.15) is 6.92 Å². The van der Waals surface area contributed by atoms with Gasteiger partial charge in [-0.2, -0.15) is 0 Å². The fraction of sp³-hybridized carbons (Fsp3) is 0.111. The first-order chi connectivity index (χ1) is 11.9. The Labute approximate surface area is 153 Å². The normalized spacial score (nSPS) is 12.0. The molecule has 1 unspecified atom stereocenters. The molecule has 1 atom stereocenters. The maximum absolute atomic E-state index is 12.3. The third-order valence-corrected chi connectivity index (χ3v) is 3.84. The molecule has 128 valence electrons. The summed E-state index contributed by atoms with van der Waals surface area (Å²) >= 11 is 11.8. The molecule has 2 aromatic carbocycles. The Morgan fingerprint density at radius 1 is 1.08 bits per heavy atom. The molecule has 1 heterocycles. The molecule has 0 aliphatic heterocycles. The lowest BCUT2D eigenvalue weighted by molar-refractivity contribution is -0.122. The van der Waals surface area contributed by atoms with Crippen molar-refractivity contribution in [1.29, 1.82) is 0 Å². The second-order valence-corrected chi connectivity index (χ2v) is 6.23. The predicted octanol–water partition coefficient (Wildman–Crippen LogP) is 4.51. The first-order valence-corrected chi connectivity index (χ1v) is 8.14. The van der Waals surface area contributed by atoms with Crippen LogP contribution < -0.4 is 15.7 Å². The smallest absolute Gasteiger partial charge is 0.336 e. The monoisotopic (exact) mass is 377 g/mol. The first-order valence-electron chi connectivity index (χ1n) is 7.38. The summed E-state index contributed by atoms with van der Waals surface area (Å²) < 4.78 is 10.7. The highest BCUT2D eigenvalue weighted by Gasteiger charge is 2.16. The number of rotatable bonds is 4. The molecule has 0 bridgehead atoms. The fourth-order valence-corrected chi connectivity index (χ4v) is 2.77. The van der Waals surface area contributed by atoms with Crippen LogP contribution in [-0.4, -0.2) is 12.0 Å². The molecule has 1 aromatic heterocycles. The molecule has 3 rings (SSSR count). The van der Waals surface area contributed by atoms with Crippen LogP contribution in [0.3, 0.4) is 0 Å². The van der Waals surface area contributed by atoms with Crippen molar-refractivity contribution < 1.29 is 13.9 Å². The fourth-order valence-electron chi connectivity index (χ4n) is 2.24. The second kappa shape index (κ2) is 7.17. The average molecular weight is 378 g/mol. The molecular formula is C18H13Cl2NO4. The number of halogens is 2. The van der Waals surface area contributed by atoms with E-state index >= 15 is 0 Å². The van der Waals surface area contributed by atoms with Crippen molar-refractivity contribution in [2.24, 2.45) is 0 Å². The maximum Gasteiger partial charge on any atom is 0.336 e. The lowest BCUT2D eigenvalue weighted by Crippen LogP contribution is -2.30. The van der Waals surface area contributed by atoms with E-state index in [1.54, 1.807) is 49.4 Å². The van der Waals surface area contributed by atoms with Gasteiger partial charge in [0.25, 0.3) is 5.91 Å². The maximum atomic E-state index is 12.3. The summed E-state index contributed by atoms with van der Waals surface area (Å²) in [6.45, 7) is 1.60. The van der Waals surface area contributed by atoms with E-state index in [-0.39, 0.29) is 5.91 Å². The minimum absolute atomic E-state index is 0.368. The van der Waals surface area contributed by atoms with Crippen LogP contribution in [-0.2, 0) is 4.79 Å². The average Bonchev–Trinajstić information content (AvgIpc) is 2.53. The van der Waals surface area contributed by atoms with E-state index in [0.717, 1.165) is 5.39 Å². The molecule has 1 N–H and O–H groups in total. The number of benzene rings is 2. The SMILES string of the molecule is CC(Oc1ccc2ccc(=O)oc2c1)C(=O)Nc1cc(Cl)cc(Cl)c1.